The molecule has 1 aliphatic rings. The van der Waals surface area contributed by atoms with E-state index in [1.807, 2.05) is 24.3 Å². The van der Waals surface area contributed by atoms with E-state index >= 15 is 0 Å². The highest BCUT2D eigenvalue weighted by atomic mass is 16.3. The summed E-state index contributed by atoms with van der Waals surface area (Å²) in [6, 6.07) is 13.9. The summed E-state index contributed by atoms with van der Waals surface area (Å²) in [6.45, 7) is 0. The zero-order valence-electron chi connectivity index (χ0n) is 14.0. The van der Waals surface area contributed by atoms with Crippen molar-refractivity contribution in [2.45, 2.75) is 6.42 Å². The maximum Gasteiger partial charge on any atom is 0.171 e. The van der Waals surface area contributed by atoms with Gasteiger partial charge in [-0.05, 0) is 56.6 Å². The lowest BCUT2D eigenvalue weighted by Gasteiger charge is -2.21. The second kappa shape index (κ2) is 5.14. The van der Waals surface area contributed by atoms with Gasteiger partial charge < -0.3 is 20.4 Å². The summed E-state index contributed by atoms with van der Waals surface area (Å²) in [4.78, 5) is 12.8. The van der Waals surface area contributed by atoms with Gasteiger partial charge >= 0.3 is 0 Å². The van der Waals surface area contributed by atoms with Gasteiger partial charge in [0.15, 0.2) is 23.0 Å². The number of hydrogen-bond donors (Lipinski definition) is 4. The Labute approximate surface area is 153 Å². The number of aliphatic hydroxyl groups excluding tert-OH is 2. The first kappa shape index (κ1) is 15.5. The van der Waals surface area contributed by atoms with Crippen LogP contribution < -0.4 is 0 Å². The van der Waals surface area contributed by atoms with Gasteiger partial charge in [-0.1, -0.05) is 24.3 Å². The zero-order valence-corrected chi connectivity index (χ0v) is 14.0. The van der Waals surface area contributed by atoms with E-state index in [4.69, 9.17) is 0 Å². The molecule has 5 heteroatoms. The van der Waals surface area contributed by atoms with Crippen molar-refractivity contribution in [3.63, 3.8) is 0 Å². The average Bonchev–Trinajstić information content (AvgIpc) is 2.65. The number of fused-ring (bicyclic) bond motifs is 7. The van der Waals surface area contributed by atoms with Crippen molar-refractivity contribution < 1.29 is 25.2 Å². The third kappa shape index (κ3) is 2.02. The van der Waals surface area contributed by atoms with Crippen molar-refractivity contribution in [1.82, 2.24) is 0 Å². The van der Waals surface area contributed by atoms with E-state index in [1.165, 1.54) is 12.1 Å². The van der Waals surface area contributed by atoms with Crippen LogP contribution in [0.15, 0.2) is 54.3 Å². The SMILES string of the molecule is O=C1CC(O)=C(O)c2c1c1cc3cc(O)c(O)cc3cc1c1ccccc21. The van der Waals surface area contributed by atoms with Gasteiger partial charge in [-0.15, -0.1) is 0 Å². The molecule has 0 unspecified atom stereocenters. The number of Topliss-reactive ketones (excluding diaryl/α,β-unsaturated/α-hetero) is 1. The first-order valence-corrected chi connectivity index (χ1v) is 8.44. The minimum Gasteiger partial charge on any atom is -0.508 e. The third-order valence-corrected chi connectivity index (χ3v) is 5.19. The second-order valence-corrected chi connectivity index (χ2v) is 6.78. The lowest BCUT2D eigenvalue weighted by molar-refractivity contribution is 0.0976. The Balaban J connectivity index is 2.08. The van der Waals surface area contributed by atoms with Crippen LogP contribution in [-0.4, -0.2) is 26.2 Å². The van der Waals surface area contributed by atoms with Crippen molar-refractivity contribution in [3.05, 3.63) is 65.4 Å². The molecule has 27 heavy (non-hydrogen) atoms. The summed E-state index contributed by atoms with van der Waals surface area (Å²) in [5, 5.41) is 44.5. The van der Waals surface area contributed by atoms with Gasteiger partial charge in [0.05, 0.1) is 6.42 Å². The molecular weight excluding hydrogens is 344 g/mol. The van der Waals surface area contributed by atoms with Gasteiger partial charge in [-0.2, -0.15) is 0 Å². The summed E-state index contributed by atoms with van der Waals surface area (Å²) in [6.07, 6.45) is -0.259. The van der Waals surface area contributed by atoms with Gasteiger partial charge in [0.2, 0.25) is 0 Å². The Morgan fingerprint density at radius 1 is 0.667 bits per heavy atom. The van der Waals surface area contributed by atoms with Crippen molar-refractivity contribution in [2.24, 2.45) is 0 Å². The Bertz CT molecular complexity index is 1350. The van der Waals surface area contributed by atoms with Crippen LogP contribution in [0.3, 0.4) is 0 Å². The predicted octanol–water partition coefficient (Wildman–Crippen LogP) is 4.93. The first-order valence-electron chi connectivity index (χ1n) is 8.44. The fraction of sp³-hybridized carbons (Fsp3) is 0.0455. The Morgan fingerprint density at radius 2 is 1.26 bits per heavy atom. The highest BCUT2D eigenvalue weighted by Gasteiger charge is 2.29. The minimum absolute atomic E-state index is 0.217. The van der Waals surface area contributed by atoms with E-state index in [0.29, 0.717) is 32.7 Å². The summed E-state index contributed by atoms with van der Waals surface area (Å²) in [5.41, 5.74) is 0.683. The minimum atomic E-state index is -0.333. The largest absolute Gasteiger partial charge is 0.508 e. The maximum absolute atomic E-state index is 12.8. The van der Waals surface area contributed by atoms with Gasteiger partial charge in [-0.25, -0.2) is 0 Å². The van der Waals surface area contributed by atoms with Crippen LogP contribution in [0, 0.1) is 0 Å². The van der Waals surface area contributed by atoms with Gasteiger partial charge in [0.1, 0.15) is 5.76 Å². The lowest BCUT2D eigenvalue weighted by Crippen LogP contribution is -2.13. The maximum atomic E-state index is 12.8. The Hall–Kier alpha value is -3.73. The average molecular weight is 358 g/mol. The number of ketones is 1. The molecule has 132 valence electrons. The lowest BCUT2D eigenvalue weighted by atomic mass is 9.83. The molecule has 0 aromatic heterocycles. The summed E-state index contributed by atoms with van der Waals surface area (Å²) in [5.74, 6) is -1.36. The van der Waals surface area contributed by atoms with E-state index in [2.05, 4.69) is 0 Å². The number of hydrogen-bond acceptors (Lipinski definition) is 5. The molecule has 0 saturated heterocycles. The number of carbonyl (C=O) groups is 1. The molecule has 0 atom stereocenters. The number of benzene rings is 4. The zero-order chi connectivity index (χ0) is 18.9. The number of carbonyl (C=O) groups excluding carboxylic acids is 1. The van der Waals surface area contributed by atoms with Crippen LogP contribution in [-0.2, 0) is 0 Å². The van der Waals surface area contributed by atoms with Crippen LogP contribution in [0.5, 0.6) is 11.5 Å². The monoisotopic (exact) mass is 358 g/mol. The third-order valence-electron chi connectivity index (χ3n) is 5.19. The van der Waals surface area contributed by atoms with Crippen molar-refractivity contribution >= 4 is 43.9 Å². The van der Waals surface area contributed by atoms with Crippen molar-refractivity contribution in [1.29, 1.82) is 0 Å². The van der Waals surface area contributed by atoms with Crippen LogP contribution in [0.4, 0.5) is 0 Å². The number of aromatic hydroxyl groups is 2. The van der Waals surface area contributed by atoms with Crippen LogP contribution in [0.2, 0.25) is 0 Å². The van der Waals surface area contributed by atoms with E-state index in [9.17, 15) is 25.2 Å². The molecule has 4 aromatic carbocycles. The quantitative estimate of drug-likeness (QED) is 0.203. The summed E-state index contributed by atoms with van der Waals surface area (Å²) < 4.78 is 0. The van der Waals surface area contributed by atoms with Crippen LogP contribution in [0.1, 0.15) is 22.3 Å². The fourth-order valence-electron chi connectivity index (χ4n) is 3.96. The molecule has 0 heterocycles. The summed E-state index contributed by atoms with van der Waals surface area (Å²) >= 11 is 0. The second-order valence-electron chi connectivity index (χ2n) is 6.78. The predicted molar refractivity (Wildman–Crippen MR) is 103 cm³/mol. The molecule has 0 amide bonds. The van der Waals surface area contributed by atoms with Crippen LogP contribution >= 0.6 is 0 Å². The molecule has 0 fully saturated rings. The molecule has 0 aliphatic heterocycles. The molecule has 0 saturated carbocycles. The van der Waals surface area contributed by atoms with E-state index < -0.39 is 0 Å². The van der Waals surface area contributed by atoms with Crippen molar-refractivity contribution in [2.75, 3.05) is 0 Å². The summed E-state index contributed by atoms with van der Waals surface area (Å²) in [7, 11) is 0. The fourth-order valence-corrected chi connectivity index (χ4v) is 3.96. The highest BCUT2D eigenvalue weighted by molar-refractivity contribution is 6.25. The highest BCUT2D eigenvalue weighted by Crippen LogP contribution is 2.42. The molecule has 0 bridgehead atoms. The molecule has 4 aromatic rings. The molecule has 5 nitrogen and oxygen atoms in total. The number of aliphatic hydroxyl groups is 2. The molecule has 5 rings (SSSR count). The van der Waals surface area contributed by atoms with E-state index in [0.717, 1.165) is 10.8 Å². The van der Waals surface area contributed by atoms with E-state index in [1.54, 1.807) is 12.1 Å². The first-order chi connectivity index (χ1) is 13.0. The molecule has 0 radical (unpaired) electrons. The smallest absolute Gasteiger partial charge is 0.171 e. The number of phenols is 2. The topological polar surface area (TPSA) is 98.0 Å². The van der Waals surface area contributed by atoms with Crippen LogP contribution in [0.25, 0.3) is 38.1 Å². The standard InChI is InChI=1S/C22H14O5/c23-16-7-10-5-14-12-3-1-2-4-13(12)21-20(18(25)9-19(26)22(21)27)15(14)6-11(10)8-17(16)24/h1-8,23-24,26-27H,9H2. The normalized spacial score (nSPS) is 14.3. The van der Waals surface area contributed by atoms with Gasteiger partial charge in [0, 0.05) is 11.1 Å². The molecule has 1 aliphatic carbocycles. The Kier molecular flexibility index (Phi) is 2.95. The molecule has 4 N–H and O–H groups in total. The van der Waals surface area contributed by atoms with E-state index in [-0.39, 0.29) is 35.2 Å². The van der Waals surface area contributed by atoms with Crippen molar-refractivity contribution in [3.8, 4) is 11.5 Å². The Morgan fingerprint density at radius 3 is 1.93 bits per heavy atom. The molecular formula is C22H14O5. The number of phenolic OH excluding ortho intramolecular Hbond substituents is 2. The van der Waals surface area contributed by atoms with Gasteiger partial charge in [-0.3, -0.25) is 4.79 Å². The molecule has 0 spiro atoms. The van der Waals surface area contributed by atoms with Gasteiger partial charge in [0.25, 0.3) is 0 Å². The number of allylic oxidation sites excluding steroid dienone is 1. The number of rotatable bonds is 0.